The average molecular weight is 385 g/mol. The molecular weight excluding hydrogens is 370 g/mol. The van der Waals surface area contributed by atoms with Gasteiger partial charge < -0.3 is 5.32 Å². The van der Waals surface area contributed by atoms with Crippen molar-refractivity contribution in [3.63, 3.8) is 0 Å². The molecule has 1 aromatic heterocycles. The maximum Gasteiger partial charge on any atom is 0.228 e. The quantitative estimate of drug-likeness (QED) is 0.605. The van der Waals surface area contributed by atoms with Gasteiger partial charge in [-0.3, -0.25) is 0 Å². The predicted octanol–water partition coefficient (Wildman–Crippen LogP) is 5.48. The lowest BCUT2D eigenvalue weighted by Crippen LogP contribution is -2.10. The Balaban J connectivity index is 2.00. The van der Waals surface area contributed by atoms with E-state index in [2.05, 4.69) is 15.3 Å². The highest BCUT2D eigenvalue weighted by atomic mass is 35.5. The van der Waals surface area contributed by atoms with Crippen molar-refractivity contribution in [3.8, 4) is 6.07 Å². The third-order valence-electron chi connectivity index (χ3n) is 4.24. The van der Waals surface area contributed by atoms with Gasteiger partial charge in [0.1, 0.15) is 16.8 Å². The molecule has 2 aromatic carbocycles. The smallest absolute Gasteiger partial charge is 0.228 e. The summed E-state index contributed by atoms with van der Waals surface area (Å²) in [4.78, 5) is 8.61. The van der Waals surface area contributed by atoms with Crippen LogP contribution < -0.4 is 5.32 Å². The summed E-state index contributed by atoms with van der Waals surface area (Å²) in [6, 6.07) is 12.5. The van der Waals surface area contributed by atoms with Crippen molar-refractivity contribution < 1.29 is 8.78 Å². The first-order valence-corrected chi connectivity index (χ1v) is 8.53. The van der Waals surface area contributed by atoms with Crippen LogP contribution in [-0.4, -0.2) is 9.97 Å². The predicted molar refractivity (Wildman–Crippen MR) is 100 cm³/mol. The molecule has 4 nitrogen and oxygen atoms in total. The monoisotopic (exact) mass is 384 g/mol. The maximum absolute atomic E-state index is 14.2. The summed E-state index contributed by atoms with van der Waals surface area (Å²) in [7, 11) is 0. The van der Waals surface area contributed by atoms with E-state index in [4.69, 9.17) is 16.9 Å². The first-order chi connectivity index (χ1) is 12.9. The van der Waals surface area contributed by atoms with E-state index in [1.165, 1.54) is 18.2 Å². The standard InChI is InChI=1S/C20H15ClF2N4/c1-11(17-15(22)4-3-5-16(17)23)18-12(2)19(21)27-20(26-18)25-14-8-6-13(10-24)7-9-14/h3-9,11H,1-2H3,(H,25,26,27). The Labute approximate surface area is 160 Å². The molecular formula is C20H15ClF2N4. The van der Waals surface area contributed by atoms with Crippen LogP contribution in [0.25, 0.3) is 0 Å². The summed E-state index contributed by atoms with van der Waals surface area (Å²) in [6.45, 7) is 3.37. The molecule has 1 atom stereocenters. The molecule has 0 spiro atoms. The lowest BCUT2D eigenvalue weighted by atomic mass is 9.94. The molecule has 0 fully saturated rings. The van der Waals surface area contributed by atoms with Gasteiger partial charge in [-0.25, -0.2) is 18.7 Å². The fourth-order valence-corrected chi connectivity index (χ4v) is 2.98. The largest absolute Gasteiger partial charge is 0.324 e. The molecule has 0 amide bonds. The fraction of sp³-hybridized carbons (Fsp3) is 0.150. The van der Waals surface area contributed by atoms with Gasteiger partial charge in [-0.05, 0) is 43.3 Å². The van der Waals surface area contributed by atoms with E-state index in [0.717, 1.165) is 0 Å². The van der Waals surface area contributed by atoms with Crippen molar-refractivity contribution in [2.75, 3.05) is 5.32 Å². The number of benzene rings is 2. The SMILES string of the molecule is Cc1c(Cl)nc(Nc2ccc(C#N)cc2)nc1C(C)c1c(F)cccc1F. The Morgan fingerprint density at radius 3 is 2.30 bits per heavy atom. The molecule has 1 heterocycles. The van der Waals surface area contributed by atoms with Crippen LogP contribution in [0.4, 0.5) is 20.4 Å². The molecule has 1 unspecified atom stereocenters. The molecule has 0 aliphatic carbocycles. The van der Waals surface area contributed by atoms with Crippen LogP contribution in [-0.2, 0) is 0 Å². The molecule has 0 saturated carbocycles. The topological polar surface area (TPSA) is 61.6 Å². The lowest BCUT2D eigenvalue weighted by molar-refractivity contribution is 0.544. The van der Waals surface area contributed by atoms with Crippen LogP contribution in [0, 0.1) is 29.9 Å². The Kier molecular flexibility index (Phi) is 5.33. The summed E-state index contributed by atoms with van der Waals surface area (Å²) in [5.74, 6) is -1.74. The third-order valence-corrected chi connectivity index (χ3v) is 4.61. The summed E-state index contributed by atoms with van der Waals surface area (Å²) in [6.07, 6.45) is 0. The molecule has 0 aliphatic rings. The Hall–Kier alpha value is -3.04. The van der Waals surface area contributed by atoms with Crippen LogP contribution in [0.1, 0.15) is 35.2 Å². The molecule has 3 aromatic rings. The van der Waals surface area contributed by atoms with Crippen molar-refractivity contribution in [3.05, 3.63) is 81.6 Å². The minimum atomic E-state index is -0.659. The first kappa shape index (κ1) is 18.7. The van der Waals surface area contributed by atoms with Crippen molar-refractivity contribution >= 4 is 23.2 Å². The van der Waals surface area contributed by atoms with Crippen LogP contribution in [0.5, 0.6) is 0 Å². The Bertz CT molecular complexity index is 1010. The van der Waals surface area contributed by atoms with Gasteiger partial charge in [-0.1, -0.05) is 24.6 Å². The van der Waals surface area contributed by atoms with Crippen LogP contribution in [0.3, 0.4) is 0 Å². The van der Waals surface area contributed by atoms with E-state index in [1.54, 1.807) is 38.1 Å². The van der Waals surface area contributed by atoms with E-state index < -0.39 is 17.6 Å². The Morgan fingerprint density at radius 1 is 1.07 bits per heavy atom. The van der Waals surface area contributed by atoms with E-state index in [9.17, 15) is 8.78 Å². The van der Waals surface area contributed by atoms with Gasteiger partial charge in [-0.2, -0.15) is 5.26 Å². The number of rotatable bonds is 4. The molecule has 0 radical (unpaired) electrons. The molecule has 27 heavy (non-hydrogen) atoms. The number of halogens is 3. The van der Waals surface area contributed by atoms with Crippen molar-refractivity contribution in [2.45, 2.75) is 19.8 Å². The zero-order chi connectivity index (χ0) is 19.6. The number of anilines is 2. The zero-order valence-electron chi connectivity index (χ0n) is 14.6. The first-order valence-electron chi connectivity index (χ1n) is 8.16. The van der Waals surface area contributed by atoms with E-state index in [0.29, 0.717) is 22.5 Å². The summed E-state index contributed by atoms with van der Waals surface area (Å²) >= 11 is 6.22. The fourth-order valence-electron chi connectivity index (χ4n) is 2.80. The van der Waals surface area contributed by atoms with Crippen molar-refractivity contribution in [1.29, 1.82) is 5.26 Å². The van der Waals surface area contributed by atoms with Crippen LogP contribution in [0.2, 0.25) is 5.15 Å². The van der Waals surface area contributed by atoms with E-state index in [1.807, 2.05) is 6.07 Å². The molecule has 0 saturated heterocycles. The highest BCUT2D eigenvalue weighted by Gasteiger charge is 2.22. The molecule has 0 aliphatic heterocycles. The second kappa shape index (κ2) is 7.68. The second-order valence-electron chi connectivity index (χ2n) is 6.02. The maximum atomic E-state index is 14.2. The number of hydrogen-bond acceptors (Lipinski definition) is 4. The number of nitrogens with one attached hydrogen (secondary N) is 1. The number of nitrogens with zero attached hydrogens (tertiary/aromatic N) is 3. The van der Waals surface area contributed by atoms with Crippen molar-refractivity contribution in [1.82, 2.24) is 9.97 Å². The van der Waals surface area contributed by atoms with Gasteiger partial charge in [0.05, 0.1) is 17.3 Å². The molecule has 3 rings (SSSR count). The Morgan fingerprint density at radius 2 is 1.70 bits per heavy atom. The van der Waals surface area contributed by atoms with Gasteiger partial charge in [-0.15, -0.1) is 0 Å². The summed E-state index contributed by atoms with van der Waals surface area (Å²) in [5.41, 5.74) is 2.09. The number of aromatic nitrogens is 2. The van der Waals surface area contributed by atoms with E-state index in [-0.39, 0.29) is 16.7 Å². The normalized spacial score (nSPS) is 11.7. The number of nitriles is 1. The lowest BCUT2D eigenvalue weighted by Gasteiger charge is -2.17. The van der Waals surface area contributed by atoms with Gasteiger partial charge >= 0.3 is 0 Å². The molecule has 0 bridgehead atoms. The summed E-state index contributed by atoms with van der Waals surface area (Å²) in [5, 5.41) is 12.1. The van der Waals surface area contributed by atoms with Gasteiger partial charge in [0.25, 0.3) is 0 Å². The number of hydrogen-bond donors (Lipinski definition) is 1. The molecule has 7 heteroatoms. The van der Waals surface area contributed by atoms with Crippen molar-refractivity contribution in [2.24, 2.45) is 0 Å². The average Bonchev–Trinajstić information content (AvgIpc) is 2.65. The minimum Gasteiger partial charge on any atom is -0.324 e. The van der Waals surface area contributed by atoms with Gasteiger partial charge in [0.15, 0.2) is 0 Å². The van der Waals surface area contributed by atoms with Gasteiger partial charge in [0, 0.05) is 22.7 Å². The van der Waals surface area contributed by atoms with Gasteiger partial charge in [0.2, 0.25) is 5.95 Å². The third kappa shape index (κ3) is 3.88. The zero-order valence-corrected chi connectivity index (χ0v) is 15.4. The minimum absolute atomic E-state index is 0.0697. The van der Waals surface area contributed by atoms with Crippen LogP contribution in [0.15, 0.2) is 42.5 Å². The molecule has 1 N–H and O–H groups in total. The highest BCUT2D eigenvalue weighted by Crippen LogP contribution is 2.32. The highest BCUT2D eigenvalue weighted by molar-refractivity contribution is 6.30. The second-order valence-corrected chi connectivity index (χ2v) is 6.38. The van der Waals surface area contributed by atoms with Crippen LogP contribution >= 0.6 is 11.6 Å². The summed E-state index contributed by atoms with van der Waals surface area (Å²) < 4.78 is 28.4. The molecule has 136 valence electrons. The van der Waals surface area contributed by atoms with E-state index >= 15 is 0 Å².